The molecule has 0 fully saturated rings. The Morgan fingerprint density at radius 3 is 2.64 bits per heavy atom. The predicted octanol–water partition coefficient (Wildman–Crippen LogP) is 4.69. The molecule has 0 aliphatic heterocycles. The van der Waals surface area contributed by atoms with Gasteiger partial charge in [0.1, 0.15) is 11.5 Å². The zero-order valence-corrected chi connectivity index (χ0v) is 12.8. The van der Waals surface area contributed by atoms with Crippen molar-refractivity contribution in [2.45, 2.75) is 0 Å². The summed E-state index contributed by atoms with van der Waals surface area (Å²) >= 11 is 1.59. The highest BCUT2D eigenvalue weighted by atomic mass is 32.1. The van der Waals surface area contributed by atoms with E-state index in [1.807, 2.05) is 35.7 Å². The van der Waals surface area contributed by atoms with Crippen LogP contribution in [0.5, 0.6) is 5.75 Å². The average molecular weight is 310 g/mol. The van der Waals surface area contributed by atoms with Crippen LogP contribution < -0.4 is 4.74 Å². The lowest BCUT2D eigenvalue weighted by Crippen LogP contribution is -2.00. The van der Waals surface area contributed by atoms with E-state index in [4.69, 9.17) is 4.74 Å². The molecule has 22 heavy (non-hydrogen) atoms. The van der Waals surface area contributed by atoms with Crippen molar-refractivity contribution in [3.05, 3.63) is 71.1 Å². The molecule has 3 rings (SSSR count). The second-order valence-corrected chi connectivity index (χ2v) is 5.69. The SMILES string of the molecule is COc1c(C(=O)/C=C(\O)c2ccccc2)ccc2sccc12. The molecule has 1 N–H and O–H groups in total. The number of hydrogen-bond donors (Lipinski definition) is 1. The number of carbonyl (C=O) groups is 1. The summed E-state index contributed by atoms with van der Waals surface area (Å²) in [6.45, 7) is 0. The third-order valence-electron chi connectivity index (χ3n) is 3.39. The average Bonchev–Trinajstić information content (AvgIpc) is 3.03. The van der Waals surface area contributed by atoms with E-state index < -0.39 is 0 Å². The Morgan fingerprint density at radius 2 is 1.91 bits per heavy atom. The molecule has 0 spiro atoms. The molecule has 3 aromatic rings. The van der Waals surface area contributed by atoms with Gasteiger partial charge in [-0.25, -0.2) is 0 Å². The minimum absolute atomic E-state index is 0.0573. The second kappa shape index (κ2) is 6.03. The molecule has 0 aliphatic carbocycles. The highest BCUT2D eigenvalue weighted by Crippen LogP contribution is 2.33. The van der Waals surface area contributed by atoms with Crippen molar-refractivity contribution in [2.75, 3.05) is 7.11 Å². The number of hydrogen-bond acceptors (Lipinski definition) is 4. The third-order valence-corrected chi connectivity index (χ3v) is 4.27. The highest BCUT2D eigenvalue weighted by Gasteiger charge is 2.15. The standard InChI is InChI=1S/C18H14O3S/c1-21-18-13(7-8-17-14(18)9-10-22-17)16(20)11-15(19)12-5-3-2-4-6-12/h2-11,19H,1H3/b15-11-. The number of carbonyl (C=O) groups excluding carboxylic acids is 1. The molecule has 0 radical (unpaired) electrons. The maximum absolute atomic E-state index is 12.5. The second-order valence-electron chi connectivity index (χ2n) is 4.74. The minimum atomic E-state index is -0.286. The lowest BCUT2D eigenvalue weighted by atomic mass is 10.0. The topological polar surface area (TPSA) is 46.5 Å². The van der Waals surface area contributed by atoms with Crippen molar-refractivity contribution >= 4 is 33.0 Å². The van der Waals surface area contributed by atoms with Gasteiger partial charge in [-0.3, -0.25) is 4.79 Å². The summed E-state index contributed by atoms with van der Waals surface area (Å²) in [5, 5.41) is 13.0. The van der Waals surface area contributed by atoms with Crippen molar-refractivity contribution < 1.29 is 14.6 Å². The van der Waals surface area contributed by atoms with Crippen LogP contribution in [0.4, 0.5) is 0 Å². The van der Waals surface area contributed by atoms with E-state index in [9.17, 15) is 9.90 Å². The van der Waals surface area contributed by atoms with Gasteiger partial charge in [-0.05, 0) is 23.6 Å². The molecule has 0 atom stereocenters. The van der Waals surface area contributed by atoms with Gasteiger partial charge in [-0.1, -0.05) is 30.3 Å². The van der Waals surface area contributed by atoms with Gasteiger partial charge in [0.25, 0.3) is 0 Å². The Morgan fingerprint density at radius 1 is 1.14 bits per heavy atom. The van der Waals surface area contributed by atoms with Crippen LogP contribution >= 0.6 is 11.3 Å². The number of aliphatic hydroxyl groups excluding tert-OH is 1. The molecule has 0 aliphatic rings. The number of benzene rings is 2. The zero-order valence-electron chi connectivity index (χ0n) is 11.9. The van der Waals surface area contributed by atoms with Gasteiger partial charge in [0.2, 0.25) is 0 Å². The van der Waals surface area contributed by atoms with Crippen LogP contribution in [-0.4, -0.2) is 18.0 Å². The largest absolute Gasteiger partial charge is 0.507 e. The van der Waals surface area contributed by atoms with E-state index in [1.165, 1.54) is 6.08 Å². The van der Waals surface area contributed by atoms with E-state index in [1.54, 1.807) is 36.6 Å². The molecule has 1 aromatic heterocycles. The summed E-state index contributed by atoms with van der Waals surface area (Å²) < 4.78 is 6.46. The van der Waals surface area contributed by atoms with E-state index in [2.05, 4.69) is 0 Å². The Hall–Kier alpha value is -2.59. The molecule has 0 bridgehead atoms. The van der Waals surface area contributed by atoms with E-state index in [0.717, 1.165) is 10.1 Å². The zero-order chi connectivity index (χ0) is 15.5. The first-order valence-electron chi connectivity index (χ1n) is 6.75. The summed E-state index contributed by atoms with van der Waals surface area (Å²) in [4.78, 5) is 12.5. The first-order valence-corrected chi connectivity index (χ1v) is 7.63. The number of thiophene rings is 1. The Bertz CT molecular complexity index is 847. The quantitative estimate of drug-likeness (QED) is 0.432. The lowest BCUT2D eigenvalue weighted by molar-refractivity contribution is 0.104. The smallest absolute Gasteiger partial charge is 0.193 e. The van der Waals surface area contributed by atoms with Gasteiger partial charge in [0.05, 0.1) is 12.7 Å². The van der Waals surface area contributed by atoms with Crippen LogP contribution in [0.1, 0.15) is 15.9 Å². The Labute approximate surface area is 132 Å². The fraction of sp³-hybridized carbons (Fsp3) is 0.0556. The molecule has 110 valence electrons. The maximum Gasteiger partial charge on any atom is 0.193 e. The summed E-state index contributed by atoms with van der Waals surface area (Å²) in [6.07, 6.45) is 1.23. The monoisotopic (exact) mass is 310 g/mol. The van der Waals surface area contributed by atoms with Crippen LogP contribution in [0.3, 0.4) is 0 Å². The molecule has 3 nitrogen and oxygen atoms in total. The number of allylic oxidation sites excluding steroid dienone is 1. The van der Waals surface area contributed by atoms with Crippen LogP contribution in [0.2, 0.25) is 0 Å². The molecule has 4 heteroatoms. The highest BCUT2D eigenvalue weighted by molar-refractivity contribution is 7.17. The van der Waals surface area contributed by atoms with Crippen molar-refractivity contribution in [1.82, 2.24) is 0 Å². The van der Waals surface area contributed by atoms with Crippen molar-refractivity contribution in [1.29, 1.82) is 0 Å². The van der Waals surface area contributed by atoms with Crippen LogP contribution in [-0.2, 0) is 0 Å². The van der Waals surface area contributed by atoms with Crippen LogP contribution in [0.15, 0.2) is 60.0 Å². The Kier molecular flexibility index (Phi) is 3.94. The summed E-state index contributed by atoms with van der Waals surface area (Å²) in [7, 11) is 1.55. The van der Waals surface area contributed by atoms with Crippen molar-refractivity contribution in [2.24, 2.45) is 0 Å². The minimum Gasteiger partial charge on any atom is -0.507 e. The fourth-order valence-corrected chi connectivity index (χ4v) is 3.11. The predicted molar refractivity (Wildman–Crippen MR) is 89.8 cm³/mol. The van der Waals surface area contributed by atoms with Gasteiger partial charge in [-0.15, -0.1) is 11.3 Å². The van der Waals surface area contributed by atoms with Crippen molar-refractivity contribution in [3.63, 3.8) is 0 Å². The number of methoxy groups -OCH3 is 1. The van der Waals surface area contributed by atoms with Crippen molar-refractivity contribution in [3.8, 4) is 5.75 Å². The molecule has 0 saturated heterocycles. The van der Waals surface area contributed by atoms with E-state index >= 15 is 0 Å². The van der Waals surface area contributed by atoms with Gasteiger partial charge in [0, 0.05) is 21.7 Å². The number of rotatable bonds is 4. The number of aliphatic hydroxyl groups is 1. The summed E-state index contributed by atoms with van der Waals surface area (Å²) in [5.74, 6) is 0.199. The van der Waals surface area contributed by atoms with Gasteiger partial charge in [0.15, 0.2) is 5.78 Å². The Balaban J connectivity index is 2.02. The first kappa shape index (κ1) is 14.4. The number of ketones is 1. The van der Waals surface area contributed by atoms with Gasteiger partial charge < -0.3 is 9.84 Å². The van der Waals surface area contributed by atoms with E-state index in [0.29, 0.717) is 16.9 Å². The number of ether oxygens (including phenoxy) is 1. The lowest BCUT2D eigenvalue weighted by Gasteiger charge is -2.07. The first-order chi connectivity index (χ1) is 10.7. The normalized spacial score (nSPS) is 11.6. The fourth-order valence-electron chi connectivity index (χ4n) is 2.33. The number of fused-ring (bicyclic) bond motifs is 1. The van der Waals surface area contributed by atoms with Crippen LogP contribution in [0, 0.1) is 0 Å². The molecule has 0 amide bonds. The summed E-state index contributed by atoms with van der Waals surface area (Å²) in [6, 6.07) is 14.5. The van der Waals surface area contributed by atoms with Crippen LogP contribution in [0.25, 0.3) is 15.8 Å². The molecule has 0 unspecified atom stereocenters. The molecule has 1 heterocycles. The molecular formula is C18H14O3S. The van der Waals surface area contributed by atoms with Gasteiger partial charge in [-0.2, -0.15) is 0 Å². The van der Waals surface area contributed by atoms with E-state index in [-0.39, 0.29) is 11.5 Å². The third kappa shape index (κ3) is 2.61. The maximum atomic E-state index is 12.5. The molecule has 2 aromatic carbocycles. The summed E-state index contributed by atoms with van der Waals surface area (Å²) in [5.41, 5.74) is 1.04. The van der Waals surface area contributed by atoms with Gasteiger partial charge >= 0.3 is 0 Å². The molecular weight excluding hydrogens is 296 g/mol. The molecule has 0 saturated carbocycles.